The molecule has 1 aromatic carbocycles. The Morgan fingerprint density at radius 3 is 2.44 bits per heavy atom. The van der Waals surface area contributed by atoms with Gasteiger partial charge in [0.25, 0.3) is 5.91 Å². The molecule has 0 saturated carbocycles. The van der Waals surface area contributed by atoms with E-state index in [0.29, 0.717) is 29.8 Å². The van der Waals surface area contributed by atoms with Crippen LogP contribution in [0.3, 0.4) is 0 Å². The van der Waals surface area contributed by atoms with Crippen LogP contribution in [0.1, 0.15) is 37.0 Å². The molecule has 1 saturated heterocycles. The number of hydrogen-bond acceptors (Lipinski definition) is 4. The SMILES string of the molecule is CCC(CC)C(CNC(=O)c1cccc(N)c1)N1CCOCC1.Cl.Cl. The summed E-state index contributed by atoms with van der Waals surface area (Å²) in [5.74, 6) is 0.524. The van der Waals surface area contributed by atoms with Gasteiger partial charge in [-0.05, 0) is 24.1 Å². The zero-order chi connectivity index (χ0) is 16.7. The monoisotopic (exact) mass is 391 g/mol. The highest BCUT2D eigenvalue weighted by molar-refractivity contribution is 5.95. The number of nitrogens with one attached hydrogen (secondary N) is 1. The number of anilines is 1. The molecule has 0 radical (unpaired) electrons. The molecular weight excluding hydrogens is 361 g/mol. The van der Waals surface area contributed by atoms with Gasteiger partial charge in [0.2, 0.25) is 0 Å². The average Bonchev–Trinajstić information content (AvgIpc) is 2.59. The van der Waals surface area contributed by atoms with Crippen LogP contribution in [0.25, 0.3) is 0 Å². The van der Waals surface area contributed by atoms with E-state index in [2.05, 4.69) is 24.1 Å². The fourth-order valence-electron chi connectivity index (χ4n) is 3.32. The molecule has 1 unspecified atom stereocenters. The van der Waals surface area contributed by atoms with Crippen molar-refractivity contribution in [1.82, 2.24) is 10.2 Å². The summed E-state index contributed by atoms with van der Waals surface area (Å²) in [6.45, 7) is 8.55. The number of nitrogens with two attached hydrogens (primary N) is 1. The molecule has 1 aromatic rings. The molecule has 1 atom stereocenters. The number of carbonyl (C=O) groups excluding carboxylic acids is 1. The van der Waals surface area contributed by atoms with Crippen LogP contribution in [-0.2, 0) is 4.74 Å². The molecule has 0 aliphatic carbocycles. The first kappa shape index (κ1) is 24.0. The van der Waals surface area contributed by atoms with Crippen LogP contribution < -0.4 is 11.1 Å². The highest BCUT2D eigenvalue weighted by Gasteiger charge is 2.27. The molecule has 144 valence electrons. The van der Waals surface area contributed by atoms with Crippen molar-refractivity contribution in [3.05, 3.63) is 29.8 Å². The number of ether oxygens (including phenoxy) is 1. The fourth-order valence-corrected chi connectivity index (χ4v) is 3.32. The fraction of sp³-hybridized carbons (Fsp3) is 0.611. The van der Waals surface area contributed by atoms with E-state index < -0.39 is 0 Å². The summed E-state index contributed by atoms with van der Waals surface area (Å²) >= 11 is 0. The Bertz CT molecular complexity index is 507. The molecule has 25 heavy (non-hydrogen) atoms. The molecule has 0 spiro atoms. The smallest absolute Gasteiger partial charge is 0.251 e. The Balaban J connectivity index is 0.00000288. The lowest BCUT2D eigenvalue weighted by atomic mass is 9.92. The minimum absolute atomic E-state index is 0. The number of amides is 1. The van der Waals surface area contributed by atoms with Gasteiger partial charge < -0.3 is 15.8 Å². The number of carbonyl (C=O) groups is 1. The molecular formula is C18H31Cl2N3O2. The molecule has 1 aliphatic heterocycles. The van der Waals surface area contributed by atoms with Gasteiger partial charge in [0.15, 0.2) is 0 Å². The summed E-state index contributed by atoms with van der Waals surface area (Å²) in [6, 6.07) is 7.48. The van der Waals surface area contributed by atoms with Crippen molar-refractivity contribution in [2.24, 2.45) is 5.92 Å². The largest absolute Gasteiger partial charge is 0.399 e. The van der Waals surface area contributed by atoms with Crippen molar-refractivity contribution in [2.45, 2.75) is 32.7 Å². The lowest BCUT2D eigenvalue weighted by molar-refractivity contribution is 0.00191. The quantitative estimate of drug-likeness (QED) is 0.700. The van der Waals surface area contributed by atoms with Gasteiger partial charge in [-0.2, -0.15) is 0 Å². The molecule has 1 amide bonds. The van der Waals surface area contributed by atoms with Crippen LogP contribution in [0, 0.1) is 5.92 Å². The minimum Gasteiger partial charge on any atom is -0.399 e. The Kier molecular flexibility index (Phi) is 11.9. The molecule has 1 aliphatic rings. The lowest BCUT2D eigenvalue weighted by Crippen LogP contribution is -2.52. The van der Waals surface area contributed by atoms with Gasteiger partial charge in [0.1, 0.15) is 0 Å². The number of rotatable bonds is 7. The Hall–Kier alpha value is -1.01. The van der Waals surface area contributed by atoms with Gasteiger partial charge in [0, 0.05) is 36.9 Å². The summed E-state index contributed by atoms with van der Waals surface area (Å²) in [5.41, 5.74) is 6.99. The standard InChI is InChI=1S/C18H29N3O2.2ClH/c1-3-14(4-2)17(21-8-10-23-11-9-21)13-20-18(22)15-6-5-7-16(19)12-15;;/h5-7,12,14,17H,3-4,8-11,13,19H2,1-2H3,(H,20,22);2*1H. The van der Waals surface area contributed by atoms with Crippen molar-refractivity contribution >= 4 is 36.4 Å². The molecule has 0 aromatic heterocycles. The molecule has 1 fully saturated rings. The average molecular weight is 392 g/mol. The van der Waals surface area contributed by atoms with Gasteiger partial charge in [-0.3, -0.25) is 9.69 Å². The highest BCUT2D eigenvalue weighted by Crippen LogP contribution is 2.19. The Morgan fingerprint density at radius 1 is 1.24 bits per heavy atom. The number of nitrogens with zero attached hydrogens (tertiary/aromatic N) is 1. The summed E-state index contributed by atoms with van der Waals surface area (Å²) in [7, 11) is 0. The van der Waals surface area contributed by atoms with Crippen LogP contribution >= 0.6 is 24.8 Å². The molecule has 5 nitrogen and oxygen atoms in total. The maximum Gasteiger partial charge on any atom is 0.251 e. The van der Waals surface area contributed by atoms with E-state index >= 15 is 0 Å². The summed E-state index contributed by atoms with van der Waals surface area (Å²) < 4.78 is 5.46. The maximum absolute atomic E-state index is 12.4. The third-order valence-electron chi connectivity index (χ3n) is 4.73. The van der Waals surface area contributed by atoms with Crippen molar-refractivity contribution in [1.29, 1.82) is 0 Å². The van der Waals surface area contributed by atoms with Crippen molar-refractivity contribution in [3.8, 4) is 0 Å². The van der Waals surface area contributed by atoms with Gasteiger partial charge in [-0.25, -0.2) is 0 Å². The van der Waals surface area contributed by atoms with E-state index in [1.807, 2.05) is 6.07 Å². The second-order valence-corrected chi connectivity index (χ2v) is 6.13. The van der Waals surface area contributed by atoms with Crippen LogP contribution in [0.2, 0.25) is 0 Å². The zero-order valence-corrected chi connectivity index (χ0v) is 16.7. The van der Waals surface area contributed by atoms with Gasteiger partial charge in [-0.15, -0.1) is 24.8 Å². The van der Waals surface area contributed by atoms with E-state index in [4.69, 9.17) is 10.5 Å². The second kappa shape index (κ2) is 12.4. The number of morpholine rings is 1. The Labute approximate surface area is 163 Å². The number of benzene rings is 1. The topological polar surface area (TPSA) is 67.6 Å². The predicted molar refractivity (Wildman–Crippen MR) is 108 cm³/mol. The van der Waals surface area contributed by atoms with Crippen molar-refractivity contribution < 1.29 is 9.53 Å². The van der Waals surface area contributed by atoms with Crippen molar-refractivity contribution in [3.63, 3.8) is 0 Å². The zero-order valence-electron chi connectivity index (χ0n) is 15.1. The van der Waals surface area contributed by atoms with Gasteiger partial charge in [0.05, 0.1) is 13.2 Å². The number of nitrogen functional groups attached to an aromatic ring is 1. The van der Waals surface area contributed by atoms with E-state index in [9.17, 15) is 4.79 Å². The number of hydrogen-bond donors (Lipinski definition) is 2. The third kappa shape index (κ3) is 7.02. The van der Waals surface area contributed by atoms with Crippen molar-refractivity contribution in [2.75, 3.05) is 38.6 Å². The van der Waals surface area contributed by atoms with E-state index in [0.717, 1.165) is 39.1 Å². The normalized spacial score (nSPS) is 15.8. The minimum atomic E-state index is -0.0542. The van der Waals surface area contributed by atoms with E-state index in [1.54, 1.807) is 18.2 Å². The third-order valence-corrected chi connectivity index (χ3v) is 4.73. The lowest BCUT2D eigenvalue weighted by Gasteiger charge is -2.38. The summed E-state index contributed by atoms with van der Waals surface area (Å²) in [4.78, 5) is 14.8. The summed E-state index contributed by atoms with van der Waals surface area (Å²) in [5, 5.41) is 3.10. The van der Waals surface area contributed by atoms with Gasteiger partial charge >= 0.3 is 0 Å². The van der Waals surface area contributed by atoms with Crippen LogP contribution in [0.4, 0.5) is 5.69 Å². The Morgan fingerprint density at radius 2 is 1.88 bits per heavy atom. The molecule has 1 heterocycles. The van der Waals surface area contributed by atoms with Crippen LogP contribution in [-0.4, -0.2) is 49.7 Å². The first-order chi connectivity index (χ1) is 11.2. The summed E-state index contributed by atoms with van der Waals surface area (Å²) in [6.07, 6.45) is 2.24. The van der Waals surface area contributed by atoms with Crippen LogP contribution in [0.5, 0.6) is 0 Å². The second-order valence-electron chi connectivity index (χ2n) is 6.13. The molecule has 7 heteroatoms. The number of halogens is 2. The highest BCUT2D eigenvalue weighted by atomic mass is 35.5. The first-order valence-electron chi connectivity index (χ1n) is 8.61. The first-order valence-corrected chi connectivity index (χ1v) is 8.61. The molecule has 3 N–H and O–H groups in total. The maximum atomic E-state index is 12.4. The van der Waals surface area contributed by atoms with Gasteiger partial charge in [-0.1, -0.05) is 32.8 Å². The van der Waals surface area contributed by atoms with E-state index in [1.165, 1.54) is 0 Å². The molecule has 2 rings (SSSR count). The molecule has 0 bridgehead atoms. The van der Waals surface area contributed by atoms with E-state index in [-0.39, 0.29) is 30.7 Å². The van der Waals surface area contributed by atoms with Crippen LogP contribution in [0.15, 0.2) is 24.3 Å². The predicted octanol–water partition coefficient (Wildman–Crippen LogP) is 2.98.